The van der Waals surface area contributed by atoms with E-state index in [0.717, 1.165) is 10.6 Å². The van der Waals surface area contributed by atoms with Crippen LogP contribution in [0.2, 0.25) is 5.02 Å². The molecule has 0 amide bonds. The Kier molecular flexibility index (Phi) is 6.12. The number of rotatable bonds is 7. The molecular formula is C13H20ClNO2S. The van der Waals surface area contributed by atoms with Crippen LogP contribution < -0.4 is 5.32 Å². The molecule has 0 aromatic heterocycles. The summed E-state index contributed by atoms with van der Waals surface area (Å²) >= 11 is 5.92. The van der Waals surface area contributed by atoms with Gasteiger partial charge in [-0.3, -0.25) is 0 Å². The van der Waals surface area contributed by atoms with Gasteiger partial charge in [0.2, 0.25) is 0 Å². The van der Waals surface area contributed by atoms with Gasteiger partial charge in [0.1, 0.15) is 9.84 Å². The molecule has 0 radical (unpaired) electrons. The summed E-state index contributed by atoms with van der Waals surface area (Å²) in [7, 11) is -2.85. The smallest absolute Gasteiger partial charge is 0.150 e. The first kappa shape index (κ1) is 15.5. The predicted octanol–water partition coefficient (Wildman–Crippen LogP) is 2.82. The Hall–Kier alpha value is -0.580. The lowest BCUT2D eigenvalue weighted by Gasteiger charge is -2.14. The van der Waals surface area contributed by atoms with Crippen LogP contribution in [0.4, 0.5) is 0 Å². The molecule has 1 aromatic rings. The third-order valence-electron chi connectivity index (χ3n) is 2.87. The van der Waals surface area contributed by atoms with Crippen molar-refractivity contribution < 1.29 is 8.42 Å². The van der Waals surface area contributed by atoms with E-state index >= 15 is 0 Å². The molecule has 5 heteroatoms. The SMILES string of the molecule is CCS(=O)(=O)CCCN[C@H](C)c1cccc(Cl)c1. The first-order chi connectivity index (χ1) is 8.44. The molecule has 0 spiro atoms. The molecular weight excluding hydrogens is 270 g/mol. The molecule has 0 bridgehead atoms. The maximum Gasteiger partial charge on any atom is 0.150 e. The van der Waals surface area contributed by atoms with Crippen molar-refractivity contribution in [3.8, 4) is 0 Å². The van der Waals surface area contributed by atoms with Crippen molar-refractivity contribution >= 4 is 21.4 Å². The monoisotopic (exact) mass is 289 g/mol. The summed E-state index contributed by atoms with van der Waals surface area (Å²) in [6.45, 7) is 4.41. The Morgan fingerprint density at radius 3 is 2.72 bits per heavy atom. The molecule has 0 saturated carbocycles. The van der Waals surface area contributed by atoms with E-state index in [1.165, 1.54) is 0 Å². The van der Waals surface area contributed by atoms with Crippen LogP contribution in [0.3, 0.4) is 0 Å². The molecule has 0 unspecified atom stereocenters. The van der Waals surface area contributed by atoms with Crippen molar-refractivity contribution in [1.29, 1.82) is 0 Å². The first-order valence-corrected chi connectivity index (χ1v) is 8.34. The van der Waals surface area contributed by atoms with Crippen molar-refractivity contribution in [2.24, 2.45) is 0 Å². The van der Waals surface area contributed by atoms with Crippen molar-refractivity contribution in [1.82, 2.24) is 5.32 Å². The molecule has 0 saturated heterocycles. The number of nitrogens with one attached hydrogen (secondary N) is 1. The Labute approximate surface area is 114 Å². The summed E-state index contributed by atoms with van der Waals surface area (Å²) in [6.07, 6.45) is 0.640. The fraction of sp³-hybridized carbons (Fsp3) is 0.538. The van der Waals surface area contributed by atoms with Crippen LogP contribution in [0.1, 0.15) is 31.9 Å². The molecule has 3 nitrogen and oxygen atoms in total. The standard InChI is InChI=1S/C13H20ClNO2S/c1-3-18(16,17)9-5-8-15-11(2)12-6-4-7-13(14)10-12/h4,6-7,10-11,15H,3,5,8-9H2,1-2H3/t11-/m1/s1. The van der Waals surface area contributed by atoms with E-state index in [0.29, 0.717) is 13.0 Å². The van der Waals surface area contributed by atoms with Gasteiger partial charge in [-0.15, -0.1) is 0 Å². The average molecular weight is 290 g/mol. The third kappa shape index (κ3) is 5.38. The zero-order valence-electron chi connectivity index (χ0n) is 10.8. The highest BCUT2D eigenvalue weighted by atomic mass is 35.5. The number of benzene rings is 1. The Balaban J connectivity index is 2.36. The molecule has 0 fully saturated rings. The largest absolute Gasteiger partial charge is 0.310 e. The molecule has 18 heavy (non-hydrogen) atoms. The van der Waals surface area contributed by atoms with Gasteiger partial charge in [0.15, 0.2) is 0 Å². The normalized spacial score (nSPS) is 13.5. The van der Waals surface area contributed by atoms with E-state index in [1.54, 1.807) is 6.92 Å². The molecule has 1 atom stereocenters. The van der Waals surface area contributed by atoms with Gasteiger partial charge in [-0.2, -0.15) is 0 Å². The lowest BCUT2D eigenvalue weighted by atomic mass is 10.1. The highest BCUT2D eigenvalue weighted by Gasteiger charge is 2.08. The topological polar surface area (TPSA) is 46.2 Å². The Bertz CT molecular complexity index is 474. The summed E-state index contributed by atoms with van der Waals surface area (Å²) in [5.74, 6) is 0.468. The van der Waals surface area contributed by atoms with Crippen LogP contribution in [0.25, 0.3) is 0 Å². The summed E-state index contributed by atoms with van der Waals surface area (Å²) in [5.41, 5.74) is 1.11. The van der Waals surface area contributed by atoms with Gasteiger partial charge in [-0.1, -0.05) is 30.7 Å². The molecule has 102 valence electrons. The zero-order valence-corrected chi connectivity index (χ0v) is 12.4. The molecule has 0 aliphatic carbocycles. The fourth-order valence-electron chi connectivity index (χ4n) is 1.65. The van der Waals surface area contributed by atoms with Crippen LogP contribution in [-0.4, -0.2) is 26.5 Å². The predicted molar refractivity (Wildman–Crippen MR) is 76.8 cm³/mol. The minimum Gasteiger partial charge on any atom is -0.310 e. The number of hydrogen-bond acceptors (Lipinski definition) is 3. The van der Waals surface area contributed by atoms with Gasteiger partial charge in [0, 0.05) is 16.8 Å². The summed E-state index contributed by atoms with van der Waals surface area (Å²) < 4.78 is 22.6. The van der Waals surface area contributed by atoms with E-state index in [-0.39, 0.29) is 17.5 Å². The van der Waals surface area contributed by atoms with Crippen molar-refractivity contribution in [2.75, 3.05) is 18.1 Å². The highest BCUT2D eigenvalue weighted by Crippen LogP contribution is 2.17. The lowest BCUT2D eigenvalue weighted by Crippen LogP contribution is -2.22. The Morgan fingerprint density at radius 2 is 2.11 bits per heavy atom. The van der Waals surface area contributed by atoms with Gasteiger partial charge in [-0.25, -0.2) is 8.42 Å². The summed E-state index contributed by atoms with van der Waals surface area (Å²) in [5, 5.41) is 4.02. The molecule has 1 rings (SSSR count). The zero-order chi connectivity index (χ0) is 13.6. The maximum absolute atomic E-state index is 11.3. The van der Waals surface area contributed by atoms with E-state index < -0.39 is 9.84 Å². The second-order valence-electron chi connectivity index (χ2n) is 4.32. The van der Waals surface area contributed by atoms with Crippen molar-refractivity contribution in [3.05, 3.63) is 34.9 Å². The van der Waals surface area contributed by atoms with Gasteiger partial charge in [0.25, 0.3) is 0 Å². The van der Waals surface area contributed by atoms with E-state index in [9.17, 15) is 8.42 Å². The maximum atomic E-state index is 11.3. The van der Waals surface area contributed by atoms with Crippen LogP contribution in [0, 0.1) is 0 Å². The van der Waals surface area contributed by atoms with Crippen LogP contribution in [0.5, 0.6) is 0 Å². The molecule has 0 aliphatic heterocycles. The Morgan fingerprint density at radius 1 is 1.39 bits per heavy atom. The fourth-order valence-corrected chi connectivity index (χ4v) is 2.72. The van der Waals surface area contributed by atoms with Crippen LogP contribution in [0.15, 0.2) is 24.3 Å². The second kappa shape index (κ2) is 7.12. The van der Waals surface area contributed by atoms with Gasteiger partial charge in [-0.05, 0) is 37.6 Å². The molecule has 1 N–H and O–H groups in total. The average Bonchev–Trinajstić information content (AvgIpc) is 2.34. The van der Waals surface area contributed by atoms with E-state index in [4.69, 9.17) is 11.6 Å². The second-order valence-corrected chi connectivity index (χ2v) is 7.23. The minimum absolute atomic E-state index is 0.174. The van der Waals surface area contributed by atoms with Crippen molar-refractivity contribution in [2.45, 2.75) is 26.3 Å². The van der Waals surface area contributed by atoms with E-state index in [1.807, 2.05) is 31.2 Å². The van der Waals surface area contributed by atoms with Crippen molar-refractivity contribution in [3.63, 3.8) is 0 Å². The van der Waals surface area contributed by atoms with E-state index in [2.05, 4.69) is 5.32 Å². The van der Waals surface area contributed by atoms with Crippen LogP contribution in [-0.2, 0) is 9.84 Å². The minimum atomic E-state index is -2.85. The molecule has 0 heterocycles. The van der Waals surface area contributed by atoms with Crippen LogP contribution >= 0.6 is 11.6 Å². The number of halogens is 1. The third-order valence-corrected chi connectivity index (χ3v) is 4.90. The lowest BCUT2D eigenvalue weighted by molar-refractivity contribution is 0.560. The van der Waals surface area contributed by atoms with Gasteiger partial charge < -0.3 is 5.32 Å². The quantitative estimate of drug-likeness (QED) is 0.785. The van der Waals surface area contributed by atoms with Gasteiger partial charge >= 0.3 is 0 Å². The van der Waals surface area contributed by atoms with Gasteiger partial charge in [0.05, 0.1) is 5.75 Å². The first-order valence-electron chi connectivity index (χ1n) is 6.14. The molecule has 1 aromatic carbocycles. The highest BCUT2D eigenvalue weighted by molar-refractivity contribution is 7.91. The number of sulfone groups is 1. The summed E-state index contributed by atoms with van der Waals surface area (Å²) in [6, 6.07) is 7.85. The summed E-state index contributed by atoms with van der Waals surface area (Å²) in [4.78, 5) is 0. The number of hydrogen-bond donors (Lipinski definition) is 1. The molecule has 0 aliphatic rings.